The van der Waals surface area contributed by atoms with E-state index in [1.54, 1.807) is 24.3 Å². The first-order valence-corrected chi connectivity index (χ1v) is 10.2. The molecule has 0 aliphatic rings. The Bertz CT molecular complexity index is 993. The van der Waals surface area contributed by atoms with Gasteiger partial charge in [-0.25, -0.2) is 0 Å². The lowest BCUT2D eigenvalue weighted by molar-refractivity contribution is -0.116. The molecule has 2 amide bonds. The van der Waals surface area contributed by atoms with Crippen molar-refractivity contribution in [2.45, 2.75) is 19.4 Å². The summed E-state index contributed by atoms with van der Waals surface area (Å²) in [6, 6.07) is 24.5. The Hall–Kier alpha value is -3.15. The van der Waals surface area contributed by atoms with Crippen molar-refractivity contribution < 1.29 is 9.59 Å². The first kappa shape index (κ1) is 21.6. The summed E-state index contributed by atoms with van der Waals surface area (Å²) in [4.78, 5) is 24.4. The van der Waals surface area contributed by atoms with Crippen molar-refractivity contribution in [3.05, 3.63) is 95.0 Å². The van der Waals surface area contributed by atoms with Gasteiger partial charge >= 0.3 is 0 Å². The van der Waals surface area contributed by atoms with Crippen molar-refractivity contribution in [1.82, 2.24) is 5.32 Å². The Morgan fingerprint density at radius 2 is 1.43 bits per heavy atom. The van der Waals surface area contributed by atoms with E-state index in [2.05, 4.69) is 16.0 Å². The lowest BCUT2D eigenvalue weighted by Gasteiger charge is -2.10. The molecular weight excluding hydrogens is 398 g/mol. The van der Waals surface area contributed by atoms with Gasteiger partial charge in [0.1, 0.15) is 0 Å². The van der Waals surface area contributed by atoms with E-state index in [-0.39, 0.29) is 18.4 Å². The Kier molecular flexibility index (Phi) is 8.01. The third-order valence-corrected chi connectivity index (χ3v) is 4.84. The van der Waals surface area contributed by atoms with Crippen molar-refractivity contribution in [1.29, 1.82) is 0 Å². The van der Waals surface area contributed by atoms with Crippen LogP contribution in [0.15, 0.2) is 78.9 Å². The quantitative estimate of drug-likeness (QED) is 0.471. The van der Waals surface area contributed by atoms with Crippen LogP contribution in [-0.2, 0) is 22.6 Å². The van der Waals surface area contributed by atoms with E-state index < -0.39 is 0 Å². The molecule has 0 heterocycles. The molecule has 3 aromatic rings. The molecule has 0 aliphatic heterocycles. The summed E-state index contributed by atoms with van der Waals surface area (Å²) in [5, 5.41) is 9.45. The summed E-state index contributed by atoms with van der Waals surface area (Å²) >= 11 is 6.11. The molecule has 0 unspecified atom stereocenters. The molecule has 6 heteroatoms. The average Bonchev–Trinajstić information content (AvgIpc) is 2.75. The molecule has 0 radical (unpaired) electrons. The molecule has 0 saturated heterocycles. The summed E-state index contributed by atoms with van der Waals surface area (Å²) < 4.78 is 0. The van der Waals surface area contributed by atoms with Crippen molar-refractivity contribution in [3.63, 3.8) is 0 Å². The Morgan fingerprint density at radius 1 is 0.767 bits per heavy atom. The maximum Gasteiger partial charge on any atom is 0.238 e. The molecule has 3 aromatic carbocycles. The van der Waals surface area contributed by atoms with E-state index in [9.17, 15) is 9.59 Å². The molecule has 0 atom stereocenters. The fraction of sp³-hybridized carbons (Fsp3) is 0.167. The maximum atomic E-state index is 12.2. The van der Waals surface area contributed by atoms with Crippen LogP contribution in [0.4, 0.5) is 11.4 Å². The normalized spacial score (nSPS) is 10.4. The van der Waals surface area contributed by atoms with Crippen molar-refractivity contribution >= 4 is 34.8 Å². The monoisotopic (exact) mass is 421 g/mol. The van der Waals surface area contributed by atoms with Crippen LogP contribution >= 0.6 is 11.6 Å². The molecule has 0 fully saturated rings. The summed E-state index contributed by atoms with van der Waals surface area (Å²) in [5.74, 6) is -0.238. The van der Waals surface area contributed by atoms with Gasteiger partial charge in [0.15, 0.2) is 0 Å². The highest BCUT2D eigenvalue weighted by Gasteiger charge is 2.07. The zero-order valence-corrected chi connectivity index (χ0v) is 17.3. The largest absolute Gasteiger partial charge is 0.326 e. The minimum Gasteiger partial charge on any atom is -0.326 e. The van der Waals surface area contributed by atoms with Gasteiger partial charge in [0.05, 0.1) is 6.54 Å². The van der Waals surface area contributed by atoms with E-state index in [1.807, 2.05) is 54.6 Å². The topological polar surface area (TPSA) is 70.2 Å². The van der Waals surface area contributed by atoms with E-state index >= 15 is 0 Å². The molecule has 30 heavy (non-hydrogen) atoms. The molecule has 3 rings (SSSR count). The highest BCUT2D eigenvalue weighted by atomic mass is 35.5. The zero-order chi connectivity index (χ0) is 21.2. The number of rotatable bonds is 9. The molecule has 154 valence electrons. The van der Waals surface area contributed by atoms with Gasteiger partial charge in [0.2, 0.25) is 11.8 Å². The number of benzene rings is 3. The van der Waals surface area contributed by atoms with Crippen LogP contribution in [0.5, 0.6) is 0 Å². The van der Waals surface area contributed by atoms with Gasteiger partial charge in [0.25, 0.3) is 0 Å². The highest BCUT2D eigenvalue weighted by molar-refractivity contribution is 6.31. The zero-order valence-electron chi connectivity index (χ0n) is 16.5. The third kappa shape index (κ3) is 7.03. The van der Waals surface area contributed by atoms with Crippen molar-refractivity contribution in [3.8, 4) is 0 Å². The van der Waals surface area contributed by atoms with E-state index in [0.717, 1.165) is 11.1 Å². The summed E-state index contributed by atoms with van der Waals surface area (Å²) in [6.45, 7) is 0.656. The lowest BCUT2D eigenvalue weighted by Crippen LogP contribution is -2.27. The summed E-state index contributed by atoms with van der Waals surface area (Å²) in [6.07, 6.45) is 1.08. The fourth-order valence-corrected chi connectivity index (χ4v) is 3.16. The third-order valence-electron chi connectivity index (χ3n) is 4.47. The van der Waals surface area contributed by atoms with Crippen molar-refractivity contribution in [2.24, 2.45) is 0 Å². The van der Waals surface area contributed by atoms with Gasteiger partial charge in [-0.1, -0.05) is 66.2 Å². The van der Waals surface area contributed by atoms with Crippen LogP contribution in [0, 0.1) is 0 Å². The number of hydrogen-bond donors (Lipinski definition) is 3. The molecule has 0 spiro atoms. The Morgan fingerprint density at radius 3 is 2.17 bits per heavy atom. The molecule has 0 saturated carbocycles. The van der Waals surface area contributed by atoms with E-state index in [1.165, 1.54) is 0 Å². The van der Waals surface area contributed by atoms with Crippen LogP contribution in [0.25, 0.3) is 0 Å². The number of hydrogen-bond acceptors (Lipinski definition) is 3. The molecule has 3 N–H and O–H groups in total. The predicted octanol–water partition coefficient (Wildman–Crippen LogP) is 4.64. The standard InChI is InChI=1S/C24H24ClN3O2/c25-22-12-5-4-9-19(22)16-26-17-24(30)28-21-11-6-10-20(15-21)27-23(29)14-13-18-7-2-1-3-8-18/h1-12,15,26H,13-14,16-17H2,(H,27,29)(H,28,30). The van der Waals surface area contributed by atoms with Gasteiger partial charge < -0.3 is 16.0 Å². The van der Waals surface area contributed by atoms with Crippen LogP contribution in [-0.4, -0.2) is 18.4 Å². The number of anilines is 2. The second kappa shape index (κ2) is 11.1. The minimum atomic E-state index is -0.172. The van der Waals surface area contributed by atoms with Crippen LogP contribution in [0.2, 0.25) is 5.02 Å². The smallest absolute Gasteiger partial charge is 0.238 e. The van der Waals surface area contributed by atoms with Crippen molar-refractivity contribution in [2.75, 3.05) is 17.2 Å². The lowest BCUT2D eigenvalue weighted by atomic mass is 10.1. The maximum absolute atomic E-state index is 12.2. The van der Waals surface area contributed by atoms with Gasteiger partial charge in [-0.15, -0.1) is 0 Å². The minimum absolute atomic E-state index is 0.0660. The highest BCUT2D eigenvalue weighted by Crippen LogP contribution is 2.16. The summed E-state index contributed by atoms with van der Waals surface area (Å²) in [5.41, 5.74) is 3.33. The number of carbonyl (C=O) groups is 2. The van der Waals surface area contributed by atoms with Gasteiger partial charge in [-0.2, -0.15) is 0 Å². The summed E-state index contributed by atoms with van der Waals surface area (Å²) in [7, 11) is 0. The second-order valence-corrected chi connectivity index (χ2v) is 7.26. The number of amides is 2. The molecule has 0 aliphatic carbocycles. The van der Waals surface area contributed by atoms with Gasteiger partial charge in [-0.3, -0.25) is 9.59 Å². The second-order valence-electron chi connectivity index (χ2n) is 6.86. The molecule has 5 nitrogen and oxygen atoms in total. The number of halogens is 1. The van der Waals surface area contributed by atoms with E-state index in [0.29, 0.717) is 35.8 Å². The fourth-order valence-electron chi connectivity index (χ4n) is 2.96. The first-order chi connectivity index (χ1) is 14.6. The SMILES string of the molecule is O=C(CCc1ccccc1)Nc1cccc(NC(=O)CNCc2ccccc2Cl)c1. The van der Waals surface area contributed by atoms with Gasteiger partial charge in [-0.05, 0) is 41.8 Å². The Labute approximate surface area is 181 Å². The number of nitrogens with one attached hydrogen (secondary N) is 3. The Balaban J connectivity index is 1.44. The average molecular weight is 422 g/mol. The number of aryl methyl sites for hydroxylation is 1. The predicted molar refractivity (Wildman–Crippen MR) is 122 cm³/mol. The molecule has 0 bridgehead atoms. The van der Waals surface area contributed by atoms with Crippen LogP contribution in [0.1, 0.15) is 17.5 Å². The van der Waals surface area contributed by atoms with Crippen LogP contribution in [0.3, 0.4) is 0 Å². The van der Waals surface area contributed by atoms with E-state index in [4.69, 9.17) is 11.6 Å². The van der Waals surface area contributed by atoms with Gasteiger partial charge in [0, 0.05) is 29.4 Å². The molecule has 0 aromatic heterocycles. The number of carbonyl (C=O) groups excluding carboxylic acids is 2. The van der Waals surface area contributed by atoms with Crippen LogP contribution < -0.4 is 16.0 Å². The molecular formula is C24H24ClN3O2. The first-order valence-electron chi connectivity index (χ1n) is 9.78.